The minimum atomic E-state index is -0.380. The van der Waals surface area contributed by atoms with Gasteiger partial charge in [0.15, 0.2) is 11.6 Å². The number of phenols is 1. The number of hydrogen-bond acceptors (Lipinski definition) is 5. The maximum Gasteiger partial charge on any atom is 0.200 e. The fraction of sp³-hybridized carbons (Fsp3) is 0.300. The third-order valence-corrected chi connectivity index (χ3v) is 4.53. The number of rotatable bonds is 5. The van der Waals surface area contributed by atoms with Gasteiger partial charge in [-0.3, -0.25) is 9.59 Å². The van der Waals surface area contributed by atoms with Crippen LogP contribution in [0.3, 0.4) is 0 Å². The highest BCUT2D eigenvalue weighted by Gasteiger charge is 2.35. The topological polar surface area (TPSA) is 92.4 Å². The molecular formula is C20H24N3O3+. The summed E-state index contributed by atoms with van der Waals surface area (Å²) in [6, 6.07) is 7.94. The minimum Gasteiger partial charge on any atom is -0.507 e. The summed E-state index contributed by atoms with van der Waals surface area (Å²) in [7, 11) is 6.37. The van der Waals surface area contributed by atoms with Crippen LogP contribution in [0.5, 0.6) is 5.75 Å². The van der Waals surface area contributed by atoms with Crippen LogP contribution in [0, 0.1) is 0 Å². The number of carbonyl (C=O) groups excluding carboxylic acids is 2. The Morgan fingerprint density at radius 3 is 2.42 bits per heavy atom. The molecule has 0 aliphatic heterocycles. The van der Waals surface area contributed by atoms with Crippen LogP contribution in [-0.2, 0) is 0 Å². The van der Waals surface area contributed by atoms with Gasteiger partial charge in [0.25, 0.3) is 0 Å². The lowest BCUT2D eigenvalue weighted by Crippen LogP contribution is -2.36. The van der Waals surface area contributed by atoms with E-state index >= 15 is 0 Å². The first kappa shape index (κ1) is 17.9. The molecule has 0 atom stereocenters. The molecular weight excluding hydrogens is 330 g/mol. The van der Waals surface area contributed by atoms with Gasteiger partial charge in [-0.05, 0) is 18.2 Å². The van der Waals surface area contributed by atoms with E-state index in [1.165, 1.54) is 12.1 Å². The Hall–Kier alpha value is -2.86. The Bertz CT molecular complexity index is 898. The molecule has 2 aromatic carbocycles. The number of ketones is 2. The van der Waals surface area contributed by atoms with E-state index in [-0.39, 0.29) is 34.1 Å². The number of nitrogens with one attached hydrogen (secondary N) is 1. The molecule has 1 aliphatic rings. The number of fused-ring (bicyclic) bond motifs is 2. The van der Waals surface area contributed by atoms with Gasteiger partial charge < -0.3 is 20.6 Å². The molecule has 0 spiro atoms. The number of aromatic hydroxyl groups is 1. The van der Waals surface area contributed by atoms with Crippen LogP contribution in [0.15, 0.2) is 30.3 Å². The highest BCUT2D eigenvalue weighted by Crippen LogP contribution is 2.38. The first-order chi connectivity index (χ1) is 12.2. The van der Waals surface area contributed by atoms with Gasteiger partial charge in [0, 0.05) is 29.9 Å². The standard InChI is InChI=1S/C20H23N3O3/c1-23(2,3)11-5-10-22-14-7-4-6-12-16(14)20(26)18-15(24)9-8-13(21)17(18)19(12)25/h4,6-9H,5,10-11H2,1-3H3,(H3-,21,22,24,25,26)/p+1. The Balaban J connectivity index is 1.96. The summed E-state index contributed by atoms with van der Waals surface area (Å²) in [6.45, 7) is 1.66. The van der Waals surface area contributed by atoms with Crippen molar-refractivity contribution < 1.29 is 19.2 Å². The molecule has 0 unspecified atom stereocenters. The Labute approximate surface area is 152 Å². The Morgan fingerprint density at radius 1 is 1.00 bits per heavy atom. The van der Waals surface area contributed by atoms with Crippen LogP contribution in [0.4, 0.5) is 11.4 Å². The summed E-state index contributed by atoms with van der Waals surface area (Å²) in [5.41, 5.74) is 7.39. The summed E-state index contributed by atoms with van der Waals surface area (Å²) in [6.07, 6.45) is 0.921. The molecule has 0 saturated heterocycles. The quantitative estimate of drug-likeness (QED) is 0.283. The van der Waals surface area contributed by atoms with Crippen molar-refractivity contribution in [2.75, 3.05) is 45.3 Å². The van der Waals surface area contributed by atoms with Crippen LogP contribution >= 0.6 is 0 Å². The lowest BCUT2D eigenvalue weighted by atomic mass is 9.82. The van der Waals surface area contributed by atoms with E-state index in [2.05, 4.69) is 26.5 Å². The van der Waals surface area contributed by atoms with Crippen LogP contribution < -0.4 is 11.1 Å². The van der Waals surface area contributed by atoms with Crippen LogP contribution in [0.1, 0.15) is 38.3 Å². The van der Waals surface area contributed by atoms with Crippen LogP contribution in [0.25, 0.3) is 0 Å². The number of nitrogen functional groups attached to an aromatic ring is 1. The van der Waals surface area contributed by atoms with E-state index < -0.39 is 0 Å². The summed E-state index contributed by atoms with van der Waals surface area (Å²) < 4.78 is 0.854. The fourth-order valence-corrected chi connectivity index (χ4v) is 3.25. The number of hydrogen-bond donors (Lipinski definition) is 3. The van der Waals surface area contributed by atoms with Crippen molar-refractivity contribution >= 4 is 22.9 Å². The van der Waals surface area contributed by atoms with E-state index in [1.807, 2.05) is 0 Å². The van der Waals surface area contributed by atoms with Gasteiger partial charge in [-0.15, -0.1) is 0 Å². The number of nitrogens with two attached hydrogens (primary N) is 1. The molecule has 6 heteroatoms. The summed E-state index contributed by atoms with van der Waals surface area (Å²) >= 11 is 0. The van der Waals surface area contributed by atoms with E-state index in [4.69, 9.17) is 5.73 Å². The molecule has 2 aromatic rings. The molecule has 3 rings (SSSR count). The predicted octanol–water partition coefficient (Wildman–Crippen LogP) is 2.26. The third-order valence-electron chi connectivity index (χ3n) is 4.53. The molecule has 0 radical (unpaired) electrons. The summed E-state index contributed by atoms with van der Waals surface area (Å²) in [5, 5.41) is 13.4. The van der Waals surface area contributed by atoms with Crippen molar-refractivity contribution in [3.8, 4) is 5.75 Å². The van der Waals surface area contributed by atoms with Crippen molar-refractivity contribution in [3.05, 3.63) is 52.6 Å². The molecule has 0 aromatic heterocycles. The zero-order valence-electron chi connectivity index (χ0n) is 15.3. The molecule has 0 bridgehead atoms. The van der Waals surface area contributed by atoms with Gasteiger partial charge in [-0.25, -0.2) is 0 Å². The number of nitrogens with zero attached hydrogens (tertiary/aromatic N) is 1. The Morgan fingerprint density at radius 2 is 1.73 bits per heavy atom. The fourth-order valence-electron chi connectivity index (χ4n) is 3.25. The van der Waals surface area contributed by atoms with Gasteiger partial charge in [0.1, 0.15) is 5.75 Å². The molecule has 0 amide bonds. The van der Waals surface area contributed by atoms with Crippen molar-refractivity contribution in [3.63, 3.8) is 0 Å². The second-order valence-electron chi connectivity index (χ2n) is 7.60. The minimum absolute atomic E-state index is 0.0110. The van der Waals surface area contributed by atoms with Gasteiger partial charge in [0.2, 0.25) is 0 Å². The highest BCUT2D eigenvalue weighted by atomic mass is 16.3. The van der Waals surface area contributed by atoms with E-state index in [1.54, 1.807) is 18.2 Å². The molecule has 0 fully saturated rings. The number of carbonyl (C=O) groups is 2. The normalized spacial score (nSPS) is 13.3. The van der Waals surface area contributed by atoms with Crippen LogP contribution in [0.2, 0.25) is 0 Å². The average molecular weight is 354 g/mol. The molecule has 136 valence electrons. The largest absolute Gasteiger partial charge is 0.507 e. The number of quaternary nitrogens is 1. The lowest BCUT2D eigenvalue weighted by molar-refractivity contribution is -0.870. The smallest absolute Gasteiger partial charge is 0.200 e. The van der Waals surface area contributed by atoms with Crippen molar-refractivity contribution in [1.82, 2.24) is 0 Å². The highest BCUT2D eigenvalue weighted by molar-refractivity contribution is 6.32. The number of anilines is 2. The SMILES string of the molecule is C[N+](C)(C)CCCNc1cccc2c1C(=O)c1c(O)ccc(N)c1C2=O. The van der Waals surface area contributed by atoms with Crippen molar-refractivity contribution in [2.24, 2.45) is 0 Å². The predicted molar refractivity (Wildman–Crippen MR) is 102 cm³/mol. The molecule has 0 heterocycles. The zero-order chi connectivity index (χ0) is 19.1. The van der Waals surface area contributed by atoms with Gasteiger partial charge in [-0.2, -0.15) is 0 Å². The van der Waals surface area contributed by atoms with Gasteiger partial charge >= 0.3 is 0 Å². The summed E-state index contributed by atoms with van der Waals surface area (Å²) in [4.78, 5) is 25.9. The Kier molecular flexibility index (Phi) is 4.46. The maximum absolute atomic E-state index is 13.0. The first-order valence-electron chi connectivity index (χ1n) is 8.59. The van der Waals surface area contributed by atoms with Gasteiger partial charge in [0.05, 0.1) is 44.4 Å². The average Bonchev–Trinajstić information content (AvgIpc) is 2.57. The molecule has 4 N–H and O–H groups in total. The molecule has 1 aliphatic carbocycles. The lowest BCUT2D eigenvalue weighted by Gasteiger charge is -2.25. The molecule has 26 heavy (non-hydrogen) atoms. The van der Waals surface area contributed by atoms with Crippen molar-refractivity contribution in [2.45, 2.75) is 6.42 Å². The monoisotopic (exact) mass is 354 g/mol. The maximum atomic E-state index is 13.0. The zero-order valence-corrected chi connectivity index (χ0v) is 15.3. The van der Waals surface area contributed by atoms with Gasteiger partial charge in [-0.1, -0.05) is 12.1 Å². The molecule has 6 nitrogen and oxygen atoms in total. The second kappa shape index (κ2) is 6.46. The number of phenolic OH excluding ortho intramolecular Hbond substituents is 1. The van der Waals surface area contributed by atoms with Crippen molar-refractivity contribution in [1.29, 1.82) is 0 Å². The van der Waals surface area contributed by atoms with E-state index in [0.717, 1.165) is 17.4 Å². The van der Waals surface area contributed by atoms with E-state index in [9.17, 15) is 14.7 Å². The number of benzene rings is 2. The third kappa shape index (κ3) is 3.15. The van der Waals surface area contributed by atoms with E-state index in [0.29, 0.717) is 23.4 Å². The summed E-state index contributed by atoms with van der Waals surface area (Å²) in [5.74, 6) is -0.940. The first-order valence-corrected chi connectivity index (χ1v) is 8.59. The molecule has 0 saturated carbocycles. The van der Waals surface area contributed by atoms with Crippen LogP contribution in [-0.4, -0.2) is 55.4 Å². The second-order valence-corrected chi connectivity index (χ2v) is 7.60.